The van der Waals surface area contributed by atoms with Crippen LogP contribution in [-0.4, -0.2) is 26.1 Å². The molecule has 144 valence electrons. The molecule has 0 bridgehead atoms. The van der Waals surface area contributed by atoms with Crippen molar-refractivity contribution in [3.63, 3.8) is 0 Å². The molecule has 0 aromatic heterocycles. The lowest BCUT2D eigenvalue weighted by molar-refractivity contribution is -0.119. The SMILES string of the molecule is C=C([C@@H]1CO[C@]2(C3CCCCC3)C=CC(=O)C[C@H]12)[Si](C)(C)c1ccccc1. The molecule has 1 saturated heterocycles. The van der Waals surface area contributed by atoms with Crippen LogP contribution in [0.4, 0.5) is 0 Å². The van der Waals surface area contributed by atoms with E-state index in [-0.39, 0.29) is 17.3 Å². The van der Waals surface area contributed by atoms with Gasteiger partial charge in [-0.05, 0) is 30.9 Å². The Morgan fingerprint density at radius 1 is 1.15 bits per heavy atom. The van der Waals surface area contributed by atoms with E-state index >= 15 is 0 Å². The Balaban J connectivity index is 1.66. The molecule has 1 aromatic carbocycles. The van der Waals surface area contributed by atoms with E-state index in [4.69, 9.17) is 4.74 Å². The fourth-order valence-corrected chi connectivity index (χ4v) is 8.32. The third-order valence-corrected chi connectivity index (χ3v) is 11.3. The molecule has 2 nitrogen and oxygen atoms in total. The molecule has 1 aliphatic heterocycles. The van der Waals surface area contributed by atoms with Crippen molar-refractivity contribution in [2.45, 2.75) is 57.2 Å². The maximum atomic E-state index is 12.4. The summed E-state index contributed by atoms with van der Waals surface area (Å²) in [6, 6.07) is 10.8. The van der Waals surface area contributed by atoms with Gasteiger partial charge in [0.2, 0.25) is 0 Å². The van der Waals surface area contributed by atoms with Crippen molar-refractivity contribution in [3.8, 4) is 0 Å². The molecular weight excluding hydrogens is 348 g/mol. The maximum absolute atomic E-state index is 12.4. The van der Waals surface area contributed by atoms with Crippen molar-refractivity contribution in [1.29, 1.82) is 0 Å². The Morgan fingerprint density at radius 2 is 1.85 bits per heavy atom. The first-order chi connectivity index (χ1) is 12.9. The van der Waals surface area contributed by atoms with E-state index in [2.05, 4.69) is 56.1 Å². The molecule has 0 amide bonds. The van der Waals surface area contributed by atoms with Crippen LogP contribution in [0, 0.1) is 17.8 Å². The monoisotopic (exact) mass is 380 g/mol. The van der Waals surface area contributed by atoms with Gasteiger partial charge in [0.05, 0.1) is 12.2 Å². The molecule has 2 fully saturated rings. The molecule has 2 aliphatic carbocycles. The minimum Gasteiger partial charge on any atom is -0.370 e. The highest BCUT2D eigenvalue weighted by atomic mass is 28.3. The molecule has 1 saturated carbocycles. The Hall–Kier alpha value is -1.45. The zero-order chi connectivity index (χ0) is 19.1. The van der Waals surface area contributed by atoms with E-state index in [9.17, 15) is 4.79 Å². The smallest absolute Gasteiger partial charge is 0.155 e. The number of fused-ring (bicyclic) bond motifs is 1. The van der Waals surface area contributed by atoms with Crippen LogP contribution in [0.2, 0.25) is 13.1 Å². The third kappa shape index (κ3) is 3.19. The number of hydrogen-bond acceptors (Lipinski definition) is 2. The molecule has 0 spiro atoms. The highest BCUT2D eigenvalue weighted by Gasteiger charge is 2.56. The zero-order valence-electron chi connectivity index (χ0n) is 16.7. The second kappa shape index (κ2) is 7.18. The first-order valence-electron chi connectivity index (χ1n) is 10.6. The van der Waals surface area contributed by atoms with E-state index in [1.165, 1.54) is 42.5 Å². The van der Waals surface area contributed by atoms with E-state index in [0.29, 0.717) is 18.3 Å². The number of hydrogen-bond donors (Lipinski definition) is 0. The maximum Gasteiger partial charge on any atom is 0.155 e. The van der Waals surface area contributed by atoms with Gasteiger partial charge in [0, 0.05) is 18.3 Å². The van der Waals surface area contributed by atoms with Crippen LogP contribution < -0.4 is 5.19 Å². The molecule has 3 aliphatic rings. The highest BCUT2D eigenvalue weighted by Crippen LogP contribution is 2.53. The molecule has 4 rings (SSSR count). The summed E-state index contributed by atoms with van der Waals surface area (Å²) in [6.45, 7) is 10.1. The first-order valence-corrected chi connectivity index (χ1v) is 13.6. The Kier molecular flexibility index (Phi) is 5.02. The number of ether oxygens (including phenoxy) is 1. The molecule has 0 radical (unpaired) electrons. The summed E-state index contributed by atoms with van der Waals surface area (Å²) in [5, 5.41) is 2.77. The van der Waals surface area contributed by atoms with Crippen LogP contribution in [0.5, 0.6) is 0 Å². The van der Waals surface area contributed by atoms with Crippen molar-refractivity contribution in [3.05, 3.63) is 54.3 Å². The van der Waals surface area contributed by atoms with Crippen molar-refractivity contribution in [2.75, 3.05) is 6.61 Å². The average Bonchev–Trinajstić information content (AvgIpc) is 3.08. The molecule has 3 atom stereocenters. The number of ketones is 1. The third-order valence-electron chi connectivity index (χ3n) is 7.52. The lowest BCUT2D eigenvalue weighted by Gasteiger charge is -2.44. The standard InChI is InChI=1S/C24H32O2Si/c1-18(27(2,3)21-12-8-5-9-13-21)22-17-26-24(19-10-6-4-7-11-19)15-14-20(25)16-23(22)24/h5,8-9,12-15,19,22-23H,1,4,6-7,10-11,16-17H2,2-3H3/t22-,23+,24-/m0/s1. The fraction of sp³-hybridized carbons (Fsp3) is 0.542. The van der Waals surface area contributed by atoms with Gasteiger partial charge in [-0.2, -0.15) is 0 Å². The molecule has 1 aromatic rings. The van der Waals surface area contributed by atoms with Gasteiger partial charge in [-0.25, -0.2) is 0 Å². The van der Waals surface area contributed by atoms with Gasteiger partial charge in [0.15, 0.2) is 5.78 Å². The molecule has 0 N–H and O–H groups in total. The van der Waals surface area contributed by atoms with Crippen LogP contribution in [0.25, 0.3) is 0 Å². The number of carbonyl (C=O) groups excluding carboxylic acids is 1. The normalized spacial score (nSPS) is 31.7. The van der Waals surface area contributed by atoms with Gasteiger partial charge in [-0.15, -0.1) is 6.58 Å². The van der Waals surface area contributed by atoms with Crippen molar-refractivity contribution < 1.29 is 9.53 Å². The Morgan fingerprint density at radius 3 is 2.56 bits per heavy atom. The van der Waals surface area contributed by atoms with Crippen molar-refractivity contribution >= 4 is 19.0 Å². The summed E-state index contributed by atoms with van der Waals surface area (Å²) in [6.07, 6.45) is 10.9. The summed E-state index contributed by atoms with van der Waals surface area (Å²) < 4.78 is 6.62. The van der Waals surface area contributed by atoms with Crippen LogP contribution >= 0.6 is 0 Å². The van der Waals surface area contributed by atoms with Gasteiger partial charge in [-0.1, -0.05) is 73.1 Å². The second-order valence-electron chi connectivity index (χ2n) is 9.23. The van der Waals surface area contributed by atoms with Crippen molar-refractivity contribution in [1.82, 2.24) is 0 Å². The van der Waals surface area contributed by atoms with Gasteiger partial charge in [0.25, 0.3) is 0 Å². The van der Waals surface area contributed by atoms with Crippen molar-refractivity contribution in [2.24, 2.45) is 17.8 Å². The number of carbonyl (C=O) groups is 1. The minimum atomic E-state index is -1.84. The number of benzene rings is 1. The van der Waals surface area contributed by atoms with Gasteiger partial charge in [-0.3, -0.25) is 4.79 Å². The largest absolute Gasteiger partial charge is 0.370 e. The molecule has 0 unspecified atom stereocenters. The zero-order valence-corrected chi connectivity index (χ0v) is 17.7. The van der Waals surface area contributed by atoms with E-state index in [1.54, 1.807) is 6.08 Å². The Bertz CT molecular complexity index is 745. The predicted octanol–water partition coefficient (Wildman–Crippen LogP) is 4.81. The van der Waals surface area contributed by atoms with Gasteiger partial charge >= 0.3 is 0 Å². The highest BCUT2D eigenvalue weighted by molar-refractivity contribution is 6.95. The van der Waals surface area contributed by atoms with Crippen LogP contribution in [0.3, 0.4) is 0 Å². The van der Waals surface area contributed by atoms with Crippen LogP contribution in [0.15, 0.2) is 54.3 Å². The lowest BCUT2D eigenvalue weighted by Crippen LogP contribution is -2.50. The first kappa shape index (κ1) is 18.9. The van der Waals surface area contributed by atoms with Crippen LogP contribution in [-0.2, 0) is 9.53 Å². The molecule has 27 heavy (non-hydrogen) atoms. The second-order valence-corrected chi connectivity index (χ2v) is 13.7. The minimum absolute atomic E-state index is 0.233. The van der Waals surface area contributed by atoms with Gasteiger partial charge < -0.3 is 4.74 Å². The lowest BCUT2D eigenvalue weighted by atomic mass is 9.65. The summed E-state index contributed by atoms with van der Waals surface area (Å²) in [5.41, 5.74) is -0.233. The molecular formula is C24H32O2Si. The fourth-order valence-electron chi connectivity index (χ4n) is 5.71. The Labute approximate surface area is 164 Å². The molecule has 1 heterocycles. The predicted molar refractivity (Wildman–Crippen MR) is 114 cm³/mol. The summed E-state index contributed by atoms with van der Waals surface area (Å²) in [7, 11) is -1.84. The topological polar surface area (TPSA) is 26.3 Å². The summed E-state index contributed by atoms with van der Waals surface area (Å²) in [4.78, 5) is 12.4. The number of allylic oxidation sites excluding steroid dienone is 1. The van der Waals surface area contributed by atoms with Gasteiger partial charge in [0.1, 0.15) is 8.07 Å². The quantitative estimate of drug-likeness (QED) is 0.701. The molecule has 3 heteroatoms. The average molecular weight is 381 g/mol. The number of rotatable bonds is 4. The van der Waals surface area contributed by atoms with E-state index in [1.807, 2.05) is 0 Å². The summed E-state index contributed by atoms with van der Waals surface area (Å²) in [5.74, 6) is 1.37. The summed E-state index contributed by atoms with van der Waals surface area (Å²) >= 11 is 0. The van der Waals surface area contributed by atoms with E-state index in [0.717, 1.165) is 6.61 Å². The van der Waals surface area contributed by atoms with E-state index < -0.39 is 8.07 Å². The van der Waals surface area contributed by atoms with Crippen LogP contribution in [0.1, 0.15) is 38.5 Å².